The van der Waals surface area contributed by atoms with E-state index in [0.29, 0.717) is 11.1 Å². The summed E-state index contributed by atoms with van der Waals surface area (Å²) in [6.45, 7) is 2.08. The number of rotatable bonds is 4. The van der Waals surface area contributed by atoms with Gasteiger partial charge in [0, 0.05) is 10.9 Å². The van der Waals surface area contributed by atoms with Crippen molar-refractivity contribution in [1.29, 1.82) is 0 Å². The molecule has 5 aromatic rings. The molecular weight excluding hydrogens is 396 g/mol. The first-order valence-corrected chi connectivity index (χ1v) is 10.7. The standard InChI is InChI=1S/C19H12N4OS3/c1-11-4-6-12(7-5-11)13-9-26-17-15(13)18(21-10-20-17)27-19-23-22-16(24-19)14-3-2-8-25-14/h2-10H,1H3. The second-order valence-electron chi connectivity index (χ2n) is 5.83. The Kier molecular flexibility index (Phi) is 4.23. The third-order valence-corrected chi connectivity index (χ3v) is 6.61. The molecular formula is C19H12N4OS3. The molecule has 0 saturated carbocycles. The summed E-state index contributed by atoms with van der Waals surface area (Å²) in [7, 11) is 0. The zero-order valence-corrected chi connectivity index (χ0v) is 16.6. The first-order valence-electron chi connectivity index (χ1n) is 8.12. The number of nitrogens with zero attached hydrogens (tertiary/aromatic N) is 4. The zero-order valence-electron chi connectivity index (χ0n) is 14.1. The minimum absolute atomic E-state index is 0.472. The minimum atomic E-state index is 0.472. The van der Waals surface area contributed by atoms with E-state index in [-0.39, 0.29) is 0 Å². The van der Waals surface area contributed by atoms with Crippen LogP contribution in [-0.2, 0) is 0 Å². The Morgan fingerprint density at radius 3 is 2.70 bits per heavy atom. The van der Waals surface area contributed by atoms with E-state index in [2.05, 4.69) is 56.7 Å². The normalized spacial score (nSPS) is 11.3. The lowest BCUT2D eigenvalue weighted by molar-refractivity contribution is 0.466. The van der Waals surface area contributed by atoms with Crippen LogP contribution in [0.5, 0.6) is 0 Å². The number of aromatic nitrogens is 4. The smallest absolute Gasteiger partial charge is 0.283 e. The summed E-state index contributed by atoms with van der Waals surface area (Å²) in [5.74, 6) is 0.530. The lowest BCUT2D eigenvalue weighted by Gasteiger charge is -2.03. The second kappa shape index (κ2) is 6.88. The number of fused-ring (bicyclic) bond motifs is 1. The van der Waals surface area contributed by atoms with Crippen LogP contribution in [0.15, 0.2) is 68.2 Å². The highest BCUT2D eigenvalue weighted by Crippen LogP contribution is 2.40. The van der Waals surface area contributed by atoms with Gasteiger partial charge < -0.3 is 4.42 Å². The topological polar surface area (TPSA) is 64.7 Å². The molecule has 0 amide bonds. The van der Waals surface area contributed by atoms with Gasteiger partial charge in [-0.05, 0) is 35.7 Å². The molecule has 0 aliphatic carbocycles. The fourth-order valence-electron chi connectivity index (χ4n) is 2.70. The highest BCUT2D eigenvalue weighted by Gasteiger charge is 2.17. The molecule has 0 fully saturated rings. The molecule has 0 N–H and O–H groups in total. The van der Waals surface area contributed by atoms with E-state index in [1.807, 2.05) is 17.5 Å². The maximum atomic E-state index is 5.81. The van der Waals surface area contributed by atoms with Crippen molar-refractivity contribution in [2.45, 2.75) is 17.2 Å². The fourth-order valence-corrected chi connectivity index (χ4v) is 5.11. The predicted octanol–water partition coefficient (Wildman–Crippen LogP) is 5.93. The van der Waals surface area contributed by atoms with E-state index in [1.165, 1.54) is 17.3 Å². The van der Waals surface area contributed by atoms with Crippen molar-refractivity contribution in [1.82, 2.24) is 20.2 Å². The average Bonchev–Trinajstić information content (AvgIpc) is 3.43. The van der Waals surface area contributed by atoms with Crippen LogP contribution in [0, 0.1) is 6.92 Å². The van der Waals surface area contributed by atoms with Gasteiger partial charge in [0.05, 0.1) is 10.3 Å². The summed E-state index contributed by atoms with van der Waals surface area (Å²) in [5.41, 5.74) is 3.50. The van der Waals surface area contributed by atoms with E-state index in [1.54, 1.807) is 29.0 Å². The average molecular weight is 409 g/mol. The number of benzene rings is 1. The predicted molar refractivity (Wildman–Crippen MR) is 109 cm³/mol. The number of aryl methyl sites for hydroxylation is 1. The summed E-state index contributed by atoms with van der Waals surface area (Å²) in [6.07, 6.45) is 1.58. The zero-order chi connectivity index (χ0) is 18.2. The molecule has 8 heteroatoms. The van der Waals surface area contributed by atoms with Crippen LogP contribution in [0.25, 0.3) is 32.1 Å². The molecule has 0 atom stereocenters. The summed E-state index contributed by atoms with van der Waals surface area (Å²) in [6, 6.07) is 12.4. The molecule has 132 valence electrons. The summed E-state index contributed by atoms with van der Waals surface area (Å²) in [5, 5.41) is 14.7. The highest BCUT2D eigenvalue weighted by atomic mass is 32.2. The van der Waals surface area contributed by atoms with Crippen molar-refractivity contribution in [3.8, 4) is 21.9 Å². The largest absolute Gasteiger partial charge is 0.410 e. The van der Waals surface area contributed by atoms with Gasteiger partial charge in [-0.25, -0.2) is 9.97 Å². The van der Waals surface area contributed by atoms with Gasteiger partial charge >= 0.3 is 0 Å². The molecule has 0 aliphatic heterocycles. The SMILES string of the molecule is Cc1ccc(-c2csc3ncnc(Sc4nnc(-c5cccs5)o4)c23)cc1. The maximum absolute atomic E-state index is 5.81. The summed E-state index contributed by atoms with van der Waals surface area (Å²) >= 11 is 4.55. The van der Waals surface area contributed by atoms with Gasteiger partial charge in [-0.1, -0.05) is 35.9 Å². The van der Waals surface area contributed by atoms with Gasteiger partial charge in [0.15, 0.2) is 0 Å². The molecule has 0 saturated heterocycles. The van der Waals surface area contributed by atoms with Crippen molar-refractivity contribution in [3.05, 3.63) is 59.0 Å². The van der Waals surface area contributed by atoms with Crippen molar-refractivity contribution in [2.75, 3.05) is 0 Å². The van der Waals surface area contributed by atoms with Crippen LogP contribution in [0.3, 0.4) is 0 Å². The van der Waals surface area contributed by atoms with E-state index in [0.717, 1.165) is 31.2 Å². The summed E-state index contributed by atoms with van der Waals surface area (Å²) in [4.78, 5) is 10.8. The quantitative estimate of drug-likeness (QED) is 0.343. The first-order chi connectivity index (χ1) is 13.3. The molecule has 0 aliphatic rings. The van der Waals surface area contributed by atoms with Gasteiger partial charge in [-0.15, -0.1) is 32.9 Å². The maximum Gasteiger partial charge on any atom is 0.283 e. The van der Waals surface area contributed by atoms with Crippen molar-refractivity contribution in [3.63, 3.8) is 0 Å². The Morgan fingerprint density at radius 2 is 1.89 bits per heavy atom. The molecule has 0 bridgehead atoms. The Morgan fingerprint density at radius 1 is 1.00 bits per heavy atom. The molecule has 4 aromatic heterocycles. The lowest BCUT2D eigenvalue weighted by atomic mass is 10.1. The molecule has 5 nitrogen and oxygen atoms in total. The Bertz CT molecular complexity index is 1210. The minimum Gasteiger partial charge on any atom is -0.410 e. The molecule has 4 heterocycles. The number of hydrogen-bond acceptors (Lipinski definition) is 8. The molecule has 0 spiro atoms. The number of hydrogen-bond donors (Lipinski definition) is 0. The Balaban J connectivity index is 1.55. The van der Waals surface area contributed by atoms with Crippen LogP contribution in [0.2, 0.25) is 0 Å². The van der Waals surface area contributed by atoms with E-state index in [4.69, 9.17) is 4.42 Å². The second-order valence-corrected chi connectivity index (χ2v) is 8.57. The van der Waals surface area contributed by atoms with Crippen molar-refractivity contribution in [2.24, 2.45) is 0 Å². The van der Waals surface area contributed by atoms with Crippen LogP contribution in [0.1, 0.15) is 5.56 Å². The number of thiophene rings is 2. The van der Waals surface area contributed by atoms with Crippen LogP contribution < -0.4 is 0 Å². The molecule has 0 unspecified atom stereocenters. The van der Waals surface area contributed by atoms with Crippen LogP contribution >= 0.6 is 34.4 Å². The van der Waals surface area contributed by atoms with Crippen LogP contribution in [0.4, 0.5) is 0 Å². The van der Waals surface area contributed by atoms with E-state index >= 15 is 0 Å². The fraction of sp³-hybridized carbons (Fsp3) is 0.0526. The monoisotopic (exact) mass is 408 g/mol. The lowest BCUT2D eigenvalue weighted by Crippen LogP contribution is -1.86. The van der Waals surface area contributed by atoms with E-state index in [9.17, 15) is 0 Å². The van der Waals surface area contributed by atoms with E-state index < -0.39 is 0 Å². The first kappa shape index (κ1) is 16.6. The Hall–Kier alpha value is -2.55. The molecule has 5 rings (SSSR count). The Labute approximate surface area is 167 Å². The highest BCUT2D eigenvalue weighted by molar-refractivity contribution is 7.99. The van der Waals surface area contributed by atoms with Crippen molar-refractivity contribution < 1.29 is 4.42 Å². The van der Waals surface area contributed by atoms with Crippen LogP contribution in [-0.4, -0.2) is 20.2 Å². The van der Waals surface area contributed by atoms with Crippen molar-refractivity contribution >= 4 is 44.7 Å². The van der Waals surface area contributed by atoms with Gasteiger partial charge in [0.2, 0.25) is 0 Å². The molecule has 1 aromatic carbocycles. The molecule has 27 heavy (non-hydrogen) atoms. The third-order valence-electron chi connectivity index (χ3n) is 4.02. The summed E-state index contributed by atoms with van der Waals surface area (Å²) < 4.78 is 5.81. The van der Waals surface area contributed by atoms with Gasteiger partial charge in [0.25, 0.3) is 11.1 Å². The van der Waals surface area contributed by atoms with Gasteiger partial charge in [-0.2, -0.15) is 0 Å². The van der Waals surface area contributed by atoms with Gasteiger partial charge in [0.1, 0.15) is 16.2 Å². The van der Waals surface area contributed by atoms with Gasteiger partial charge in [-0.3, -0.25) is 0 Å². The third kappa shape index (κ3) is 3.16. The molecule has 0 radical (unpaired) electrons.